The molecule has 0 radical (unpaired) electrons. The van der Waals surface area contributed by atoms with Crippen molar-refractivity contribution in [3.05, 3.63) is 0 Å². The van der Waals surface area contributed by atoms with Crippen molar-refractivity contribution in [2.75, 3.05) is 13.7 Å². The number of carbonyl (C=O) groups is 1. The molecule has 0 aromatic rings. The van der Waals surface area contributed by atoms with E-state index in [1.807, 2.05) is 6.92 Å². The molecule has 76 valence electrons. The highest BCUT2D eigenvalue weighted by molar-refractivity contribution is 5.74. The number of hydrogen-bond donors (Lipinski definition) is 2. The highest BCUT2D eigenvalue weighted by Gasteiger charge is 1.76. The number of rotatable bonds is 3. The second-order valence-electron chi connectivity index (χ2n) is 2.13. The van der Waals surface area contributed by atoms with E-state index in [9.17, 15) is 4.79 Å². The maximum absolute atomic E-state index is 9.81. The monoisotopic (exact) mass is 178 g/mol. The molecular formula is C9H22O3. The van der Waals surface area contributed by atoms with Gasteiger partial charge in [0.15, 0.2) is 0 Å². The number of hydrogen-bond acceptors (Lipinski definition) is 3. The van der Waals surface area contributed by atoms with Crippen LogP contribution in [0.4, 0.5) is 0 Å². The van der Waals surface area contributed by atoms with E-state index < -0.39 is 0 Å². The predicted octanol–water partition coefficient (Wildman–Crippen LogP) is 1.37. The molecule has 0 bridgehead atoms. The van der Waals surface area contributed by atoms with Crippen LogP contribution in [0.25, 0.3) is 0 Å². The van der Waals surface area contributed by atoms with Crippen LogP contribution in [0.15, 0.2) is 0 Å². The Balaban J connectivity index is -0.000000112. The molecule has 0 saturated carbocycles. The Bertz CT molecular complexity index is 70.2. The molecule has 2 N–H and O–H groups in total. The van der Waals surface area contributed by atoms with E-state index >= 15 is 0 Å². The predicted molar refractivity (Wildman–Crippen MR) is 51.1 cm³/mol. The summed E-state index contributed by atoms with van der Waals surface area (Å²) in [6.07, 6.45) is 2.70. The number of aliphatic hydroxyl groups excluding tert-OH is 2. The van der Waals surface area contributed by atoms with Crippen molar-refractivity contribution in [2.24, 2.45) is 0 Å². The lowest BCUT2D eigenvalue weighted by atomic mass is 10.4. The van der Waals surface area contributed by atoms with Gasteiger partial charge in [-0.15, -0.1) is 0 Å². The molecule has 0 spiro atoms. The minimum absolute atomic E-state index is 0.255. The van der Waals surface area contributed by atoms with Crippen LogP contribution in [-0.4, -0.2) is 29.7 Å². The summed E-state index contributed by atoms with van der Waals surface area (Å²) in [7, 11) is 1.00. The van der Waals surface area contributed by atoms with Gasteiger partial charge in [0.1, 0.15) is 5.78 Å². The van der Waals surface area contributed by atoms with Gasteiger partial charge in [0.25, 0.3) is 0 Å². The van der Waals surface area contributed by atoms with Gasteiger partial charge < -0.3 is 15.0 Å². The fourth-order valence-corrected chi connectivity index (χ4v) is 0.158. The van der Waals surface area contributed by atoms with Crippen LogP contribution in [0.5, 0.6) is 0 Å². The van der Waals surface area contributed by atoms with Gasteiger partial charge >= 0.3 is 0 Å². The largest absolute Gasteiger partial charge is 0.400 e. The number of Topliss-reactive ketones (excluding diaryl/α,β-unsaturated/α-hetero) is 1. The van der Waals surface area contributed by atoms with Crippen LogP contribution in [-0.2, 0) is 4.79 Å². The summed E-state index contributed by atoms with van der Waals surface area (Å²) < 4.78 is 0. The van der Waals surface area contributed by atoms with Crippen molar-refractivity contribution < 1.29 is 15.0 Å². The molecule has 0 unspecified atom stereocenters. The maximum atomic E-state index is 9.81. The average Bonchev–Trinajstić information content (AvgIpc) is 2.10. The molecule has 0 aromatic heterocycles. The van der Waals surface area contributed by atoms with Crippen molar-refractivity contribution in [3.63, 3.8) is 0 Å². The molecule has 0 aliphatic heterocycles. The first-order chi connectivity index (χ1) is 5.68. The summed E-state index contributed by atoms with van der Waals surface area (Å²) in [5.74, 6) is 0.255. The lowest BCUT2D eigenvalue weighted by Gasteiger charge is -1.79. The zero-order valence-electron chi connectivity index (χ0n) is 8.63. The average molecular weight is 178 g/mol. The van der Waals surface area contributed by atoms with E-state index in [4.69, 9.17) is 10.2 Å². The van der Waals surface area contributed by atoms with Crippen LogP contribution in [0.1, 0.15) is 40.0 Å². The summed E-state index contributed by atoms with van der Waals surface area (Å²) in [5.41, 5.74) is 0. The number of unbranched alkanes of at least 4 members (excludes halogenated alkanes) is 1. The van der Waals surface area contributed by atoms with Crippen molar-refractivity contribution in [1.82, 2.24) is 0 Å². The molecule has 0 aliphatic carbocycles. The minimum atomic E-state index is 0.255. The molecule has 3 nitrogen and oxygen atoms in total. The first-order valence-electron chi connectivity index (χ1n) is 4.24. The van der Waals surface area contributed by atoms with E-state index in [-0.39, 0.29) is 5.78 Å². The summed E-state index contributed by atoms with van der Waals surface area (Å²) >= 11 is 0. The van der Waals surface area contributed by atoms with Gasteiger partial charge in [-0.05, 0) is 13.3 Å². The third kappa shape index (κ3) is 54.9. The molecule has 12 heavy (non-hydrogen) atoms. The smallest absolute Gasteiger partial charge is 0.129 e. The van der Waals surface area contributed by atoms with Gasteiger partial charge in [-0.2, -0.15) is 0 Å². The van der Waals surface area contributed by atoms with Crippen molar-refractivity contribution in [3.8, 4) is 0 Å². The summed E-state index contributed by atoms with van der Waals surface area (Å²) in [6, 6.07) is 0. The zero-order chi connectivity index (χ0) is 10.4. The maximum Gasteiger partial charge on any atom is 0.129 e. The van der Waals surface area contributed by atoms with Gasteiger partial charge in [0, 0.05) is 20.1 Å². The van der Waals surface area contributed by atoms with E-state index in [1.165, 1.54) is 0 Å². The first kappa shape index (κ1) is 17.6. The summed E-state index contributed by atoms with van der Waals surface area (Å²) in [6.45, 7) is 5.83. The molecule has 0 saturated heterocycles. The fraction of sp³-hybridized carbons (Fsp3) is 0.889. The van der Waals surface area contributed by atoms with Gasteiger partial charge in [0.05, 0.1) is 0 Å². The van der Waals surface area contributed by atoms with Crippen LogP contribution < -0.4 is 0 Å². The molecular weight excluding hydrogens is 156 g/mol. The zero-order valence-corrected chi connectivity index (χ0v) is 8.63. The van der Waals surface area contributed by atoms with Crippen LogP contribution >= 0.6 is 0 Å². The minimum Gasteiger partial charge on any atom is -0.400 e. The van der Waals surface area contributed by atoms with Crippen LogP contribution in [0, 0.1) is 0 Å². The Kier molecular flexibility index (Phi) is 32.9. The van der Waals surface area contributed by atoms with E-state index in [0.717, 1.165) is 20.0 Å². The van der Waals surface area contributed by atoms with E-state index in [1.54, 1.807) is 6.92 Å². The van der Waals surface area contributed by atoms with Gasteiger partial charge in [-0.3, -0.25) is 0 Å². The second-order valence-corrected chi connectivity index (χ2v) is 2.13. The van der Waals surface area contributed by atoms with E-state index in [0.29, 0.717) is 13.0 Å². The molecule has 0 heterocycles. The number of aliphatic hydroxyl groups is 2. The topological polar surface area (TPSA) is 57.5 Å². The lowest BCUT2D eigenvalue weighted by Crippen LogP contribution is -1.80. The number of ketones is 1. The SMILES string of the molecule is CCC(C)=O.CCCCO.CO. The quantitative estimate of drug-likeness (QED) is 0.686. The molecule has 3 heteroatoms. The van der Waals surface area contributed by atoms with Crippen molar-refractivity contribution in [2.45, 2.75) is 40.0 Å². The van der Waals surface area contributed by atoms with Gasteiger partial charge in [-0.1, -0.05) is 20.3 Å². The standard InChI is InChI=1S/C4H8O.C4H10O.CH4O/c1-3-4(2)5;1-2-3-4-5;1-2/h3H2,1-2H3;5H,2-4H2,1H3;2H,1H3. The normalized spacial score (nSPS) is 7.17. The third-order valence-corrected chi connectivity index (χ3v) is 1.01. The second kappa shape index (κ2) is 22.4. The Hall–Kier alpha value is -0.410. The molecule has 0 aromatic carbocycles. The fourth-order valence-electron chi connectivity index (χ4n) is 0.158. The lowest BCUT2D eigenvalue weighted by molar-refractivity contribution is -0.116. The van der Waals surface area contributed by atoms with Gasteiger partial charge in [-0.25, -0.2) is 0 Å². The Morgan fingerprint density at radius 3 is 1.58 bits per heavy atom. The Morgan fingerprint density at radius 1 is 1.25 bits per heavy atom. The van der Waals surface area contributed by atoms with Crippen molar-refractivity contribution >= 4 is 5.78 Å². The molecule has 0 amide bonds. The van der Waals surface area contributed by atoms with Crippen LogP contribution in [0.3, 0.4) is 0 Å². The Morgan fingerprint density at radius 2 is 1.58 bits per heavy atom. The van der Waals surface area contributed by atoms with Crippen LogP contribution in [0.2, 0.25) is 0 Å². The summed E-state index contributed by atoms with van der Waals surface area (Å²) in [5, 5.41) is 15.1. The molecule has 0 fully saturated rings. The van der Waals surface area contributed by atoms with Gasteiger partial charge in [0.2, 0.25) is 0 Å². The molecule has 0 atom stereocenters. The Labute approximate surface area is 75.4 Å². The first-order valence-corrected chi connectivity index (χ1v) is 4.24. The van der Waals surface area contributed by atoms with Crippen molar-refractivity contribution in [1.29, 1.82) is 0 Å². The highest BCUT2D eigenvalue weighted by atomic mass is 16.3. The van der Waals surface area contributed by atoms with E-state index in [2.05, 4.69) is 6.92 Å². The molecule has 0 aliphatic rings. The molecule has 0 rings (SSSR count). The number of carbonyl (C=O) groups excluding carboxylic acids is 1. The third-order valence-electron chi connectivity index (χ3n) is 1.01. The summed E-state index contributed by atoms with van der Waals surface area (Å²) in [4.78, 5) is 9.81. The highest BCUT2D eigenvalue weighted by Crippen LogP contribution is 1.78.